The molecule has 4 rings (SSSR count). The SMILES string of the molecule is CCCN(C(=O)c1cccc(CNc2cc(Oc3ccccc3OCC)ccc2C)c1)C1CCCCC1. The smallest absolute Gasteiger partial charge is 0.254 e. The van der Waals surface area contributed by atoms with Crippen molar-refractivity contribution in [2.45, 2.75) is 71.9 Å². The van der Waals surface area contributed by atoms with Crippen LogP contribution >= 0.6 is 0 Å². The lowest BCUT2D eigenvalue weighted by atomic mass is 9.93. The normalized spacial score (nSPS) is 13.7. The van der Waals surface area contributed by atoms with Gasteiger partial charge in [0.25, 0.3) is 5.91 Å². The molecule has 37 heavy (non-hydrogen) atoms. The molecule has 1 N–H and O–H groups in total. The molecule has 0 bridgehead atoms. The van der Waals surface area contributed by atoms with Crippen LogP contribution in [0.15, 0.2) is 66.7 Å². The largest absolute Gasteiger partial charge is 0.490 e. The molecule has 5 heteroatoms. The molecule has 0 spiro atoms. The van der Waals surface area contributed by atoms with Crippen LogP contribution in [-0.4, -0.2) is 30.0 Å². The predicted octanol–water partition coefficient (Wildman–Crippen LogP) is 7.98. The first kappa shape index (κ1) is 26.6. The number of anilines is 1. The summed E-state index contributed by atoms with van der Waals surface area (Å²) in [5, 5.41) is 3.54. The average molecular weight is 501 g/mol. The molecule has 0 aromatic heterocycles. The zero-order valence-corrected chi connectivity index (χ0v) is 22.5. The van der Waals surface area contributed by atoms with Gasteiger partial charge in [0.05, 0.1) is 6.61 Å². The lowest BCUT2D eigenvalue weighted by Crippen LogP contribution is -2.42. The first-order valence-corrected chi connectivity index (χ1v) is 13.7. The van der Waals surface area contributed by atoms with Gasteiger partial charge in [0.2, 0.25) is 0 Å². The molecule has 0 heterocycles. The number of ether oxygens (including phenoxy) is 2. The fourth-order valence-electron chi connectivity index (χ4n) is 5.05. The van der Waals surface area contributed by atoms with E-state index in [4.69, 9.17) is 9.47 Å². The molecule has 1 amide bonds. The Morgan fingerprint density at radius 3 is 2.49 bits per heavy atom. The minimum Gasteiger partial charge on any atom is -0.490 e. The van der Waals surface area contributed by atoms with Gasteiger partial charge in [-0.1, -0.05) is 56.5 Å². The number of nitrogens with one attached hydrogen (secondary N) is 1. The van der Waals surface area contributed by atoms with Crippen LogP contribution in [0.3, 0.4) is 0 Å². The standard InChI is InChI=1S/C32H40N2O3/c1-4-20-34(27-14-7-6-8-15-27)32(35)26-13-11-12-25(21-26)23-33-29-22-28(19-18-24(29)3)37-31-17-10-9-16-30(31)36-5-2/h9-13,16-19,21-22,27,33H,4-8,14-15,20,23H2,1-3H3. The first-order chi connectivity index (χ1) is 18.1. The fraction of sp³-hybridized carbons (Fsp3) is 0.406. The van der Waals surface area contributed by atoms with Crippen molar-refractivity contribution in [1.82, 2.24) is 4.90 Å². The highest BCUT2D eigenvalue weighted by Crippen LogP contribution is 2.33. The van der Waals surface area contributed by atoms with E-state index in [1.807, 2.05) is 67.6 Å². The Bertz CT molecular complexity index is 1170. The minimum atomic E-state index is 0.162. The Balaban J connectivity index is 1.45. The van der Waals surface area contributed by atoms with Crippen molar-refractivity contribution in [2.75, 3.05) is 18.5 Å². The molecule has 0 unspecified atom stereocenters. The van der Waals surface area contributed by atoms with Gasteiger partial charge in [0, 0.05) is 36.4 Å². The maximum absolute atomic E-state index is 13.5. The molecule has 3 aromatic carbocycles. The quantitative estimate of drug-likeness (QED) is 0.290. The van der Waals surface area contributed by atoms with Gasteiger partial charge in [-0.15, -0.1) is 0 Å². The number of carbonyl (C=O) groups is 1. The van der Waals surface area contributed by atoms with E-state index >= 15 is 0 Å². The van der Waals surface area contributed by atoms with Gasteiger partial charge < -0.3 is 19.7 Å². The topological polar surface area (TPSA) is 50.8 Å². The maximum Gasteiger partial charge on any atom is 0.254 e. The number of benzene rings is 3. The van der Waals surface area contributed by atoms with Gasteiger partial charge in [-0.3, -0.25) is 4.79 Å². The fourth-order valence-corrected chi connectivity index (χ4v) is 5.05. The molecule has 0 aliphatic heterocycles. The Kier molecular flexibility index (Phi) is 9.47. The number of amides is 1. The summed E-state index contributed by atoms with van der Waals surface area (Å²) in [6, 6.07) is 22.2. The van der Waals surface area contributed by atoms with Crippen molar-refractivity contribution >= 4 is 11.6 Å². The van der Waals surface area contributed by atoms with Crippen molar-refractivity contribution < 1.29 is 14.3 Å². The Morgan fingerprint density at radius 2 is 1.73 bits per heavy atom. The first-order valence-electron chi connectivity index (χ1n) is 13.7. The zero-order valence-electron chi connectivity index (χ0n) is 22.5. The van der Waals surface area contributed by atoms with E-state index in [2.05, 4.69) is 30.1 Å². The number of nitrogens with zero attached hydrogens (tertiary/aromatic N) is 1. The van der Waals surface area contributed by atoms with Gasteiger partial charge in [-0.05, 0) is 74.6 Å². The highest BCUT2D eigenvalue weighted by Gasteiger charge is 2.25. The Labute approximate surface area is 221 Å². The Morgan fingerprint density at radius 1 is 0.946 bits per heavy atom. The molecule has 0 atom stereocenters. The number of aryl methyl sites for hydroxylation is 1. The predicted molar refractivity (Wildman–Crippen MR) is 151 cm³/mol. The monoisotopic (exact) mass is 500 g/mol. The number of hydrogen-bond donors (Lipinski definition) is 1. The van der Waals surface area contributed by atoms with Crippen molar-refractivity contribution in [3.8, 4) is 17.2 Å². The van der Waals surface area contributed by atoms with Crippen LogP contribution < -0.4 is 14.8 Å². The summed E-state index contributed by atoms with van der Waals surface area (Å²) >= 11 is 0. The Hall–Kier alpha value is -3.47. The van der Waals surface area contributed by atoms with E-state index in [1.165, 1.54) is 19.3 Å². The van der Waals surface area contributed by atoms with E-state index in [0.717, 1.165) is 59.7 Å². The van der Waals surface area contributed by atoms with Gasteiger partial charge in [0.1, 0.15) is 5.75 Å². The summed E-state index contributed by atoms with van der Waals surface area (Å²) < 4.78 is 11.9. The van der Waals surface area contributed by atoms with Crippen LogP contribution in [0.4, 0.5) is 5.69 Å². The number of carbonyl (C=O) groups excluding carboxylic acids is 1. The lowest BCUT2D eigenvalue weighted by Gasteiger charge is -2.34. The summed E-state index contributed by atoms with van der Waals surface area (Å²) in [4.78, 5) is 15.6. The van der Waals surface area contributed by atoms with Gasteiger partial charge >= 0.3 is 0 Å². The summed E-state index contributed by atoms with van der Waals surface area (Å²) in [7, 11) is 0. The second kappa shape index (κ2) is 13.2. The maximum atomic E-state index is 13.5. The summed E-state index contributed by atoms with van der Waals surface area (Å²) in [5.74, 6) is 2.33. The average Bonchev–Trinajstić information content (AvgIpc) is 2.93. The van der Waals surface area contributed by atoms with E-state index < -0.39 is 0 Å². The molecular weight excluding hydrogens is 460 g/mol. The van der Waals surface area contributed by atoms with E-state index in [1.54, 1.807) is 0 Å². The summed E-state index contributed by atoms with van der Waals surface area (Å²) in [6.07, 6.45) is 6.97. The van der Waals surface area contributed by atoms with E-state index in [-0.39, 0.29) is 5.91 Å². The highest BCUT2D eigenvalue weighted by molar-refractivity contribution is 5.94. The van der Waals surface area contributed by atoms with Crippen LogP contribution in [0.1, 0.15) is 73.9 Å². The van der Waals surface area contributed by atoms with Crippen molar-refractivity contribution in [3.05, 3.63) is 83.4 Å². The van der Waals surface area contributed by atoms with E-state index in [0.29, 0.717) is 24.9 Å². The molecule has 1 fully saturated rings. The van der Waals surface area contributed by atoms with Crippen LogP contribution in [0.25, 0.3) is 0 Å². The number of hydrogen-bond acceptors (Lipinski definition) is 4. The molecule has 0 saturated heterocycles. The van der Waals surface area contributed by atoms with Crippen molar-refractivity contribution in [1.29, 1.82) is 0 Å². The number of para-hydroxylation sites is 2. The van der Waals surface area contributed by atoms with Crippen LogP contribution in [0, 0.1) is 6.92 Å². The molecular formula is C32H40N2O3. The highest BCUT2D eigenvalue weighted by atomic mass is 16.5. The van der Waals surface area contributed by atoms with Gasteiger partial charge in [-0.2, -0.15) is 0 Å². The van der Waals surface area contributed by atoms with Crippen LogP contribution in [0.5, 0.6) is 17.2 Å². The third-order valence-electron chi connectivity index (χ3n) is 6.98. The summed E-state index contributed by atoms with van der Waals surface area (Å²) in [5.41, 5.74) is 3.99. The zero-order chi connectivity index (χ0) is 26.0. The second-order valence-corrected chi connectivity index (χ2v) is 9.80. The second-order valence-electron chi connectivity index (χ2n) is 9.80. The number of rotatable bonds is 11. The molecule has 1 aliphatic carbocycles. The molecule has 1 saturated carbocycles. The third kappa shape index (κ3) is 7.06. The minimum absolute atomic E-state index is 0.162. The van der Waals surface area contributed by atoms with Crippen LogP contribution in [0.2, 0.25) is 0 Å². The molecule has 5 nitrogen and oxygen atoms in total. The molecule has 0 radical (unpaired) electrons. The van der Waals surface area contributed by atoms with Crippen molar-refractivity contribution in [2.24, 2.45) is 0 Å². The van der Waals surface area contributed by atoms with Gasteiger partial charge in [0.15, 0.2) is 11.5 Å². The molecule has 1 aliphatic rings. The van der Waals surface area contributed by atoms with Gasteiger partial charge in [-0.25, -0.2) is 0 Å². The van der Waals surface area contributed by atoms with Crippen molar-refractivity contribution in [3.63, 3.8) is 0 Å². The molecule has 196 valence electrons. The van der Waals surface area contributed by atoms with Crippen LogP contribution in [-0.2, 0) is 6.54 Å². The third-order valence-corrected chi connectivity index (χ3v) is 6.98. The summed E-state index contributed by atoms with van der Waals surface area (Å²) in [6.45, 7) is 8.22. The lowest BCUT2D eigenvalue weighted by molar-refractivity contribution is 0.0634. The molecule has 3 aromatic rings. The van der Waals surface area contributed by atoms with E-state index in [9.17, 15) is 4.79 Å².